The van der Waals surface area contributed by atoms with E-state index in [4.69, 9.17) is 0 Å². The Morgan fingerprint density at radius 2 is 1.43 bits per heavy atom. The summed E-state index contributed by atoms with van der Waals surface area (Å²) in [6, 6.07) is 7.68. The molecule has 3 heterocycles. The van der Waals surface area contributed by atoms with Crippen molar-refractivity contribution in [3.8, 4) is 0 Å². The van der Waals surface area contributed by atoms with E-state index < -0.39 is 0 Å². The second-order valence-corrected chi connectivity index (χ2v) is 13.5. The minimum absolute atomic E-state index is 0.664. The quantitative estimate of drug-likeness (QED) is 0.473. The number of likely N-dealkylation sites (tertiary alicyclic amines) is 3. The van der Waals surface area contributed by atoms with Crippen LogP contribution in [0.2, 0.25) is 0 Å². The van der Waals surface area contributed by atoms with Crippen LogP contribution in [-0.4, -0.2) is 73.1 Å². The van der Waals surface area contributed by atoms with Crippen molar-refractivity contribution in [3.05, 3.63) is 59.4 Å². The maximum atomic E-state index is 4.57. The number of aryl methyl sites for hydroxylation is 3. The third-order valence-corrected chi connectivity index (χ3v) is 10.5. The van der Waals surface area contributed by atoms with E-state index in [0.29, 0.717) is 12.0 Å². The normalized spacial score (nSPS) is 33.4. The number of hydrogen-bond donors (Lipinski definition) is 1. The van der Waals surface area contributed by atoms with E-state index in [-0.39, 0.29) is 0 Å². The Balaban J connectivity index is 0.888. The van der Waals surface area contributed by atoms with Crippen molar-refractivity contribution in [1.82, 2.24) is 20.0 Å². The van der Waals surface area contributed by atoms with Gasteiger partial charge in [-0.25, -0.2) is 0 Å². The van der Waals surface area contributed by atoms with Crippen LogP contribution >= 0.6 is 0 Å². The fourth-order valence-electron chi connectivity index (χ4n) is 8.60. The summed E-state index contributed by atoms with van der Waals surface area (Å²) in [5.74, 6) is 4.21. The first-order chi connectivity index (χ1) is 17.9. The second kappa shape index (κ2) is 10.8. The van der Waals surface area contributed by atoms with Gasteiger partial charge < -0.3 is 15.1 Å². The van der Waals surface area contributed by atoms with Crippen molar-refractivity contribution in [1.29, 1.82) is 0 Å². The van der Waals surface area contributed by atoms with Gasteiger partial charge in [0, 0.05) is 63.2 Å². The average Bonchev–Trinajstić information content (AvgIpc) is 3.51. The predicted molar refractivity (Wildman–Crippen MR) is 154 cm³/mol. The molecule has 1 aromatic rings. The van der Waals surface area contributed by atoms with Gasteiger partial charge in [-0.2, -0.15) is 0 Å². The third kappa shape index (κ3) is 5.81. The molecule has 202 valence electrons. The minimum Gasteiger partial charge on any atom is -0.386 e. The van der Waals surface area contributed by atoms with E-state index in [1.807, 2.05) is 0 Å². The van der Waals surface area contributed by atoms with Crippen LogP contribution in [0.3, 0.4) is 0 Å². The largest absolute Gasteiger partial charge is 0.386 e. The summed E-state index contributed by atoms with van der Waals surface area (Å²) in [7, 11) is 0. The van der Waals surface area contributed by atoms with E-state index in [0.717, 1.165) is 30.2 Å². The Bertz CT molecular complexity index is 948. The van der Waals surface area contributed by atoms with Gasteiger partial charge in [0.25, 0.3) is 0 Å². The maximum absolute atomic E-state index is 4.57. The minimum atomic E-state index is 0.664. The van der Waals surface area contributed by atoms with Crippen LogP contribution in [-0.2, 0) is 6.42 Å². The highest BCUT2D eigenvalue weighted by Gasteiger charge is 2.44. The number of nitrogens with one attached hydrogen (secondary N) is 1. The zero-order valence-electron chi connectivity index (χ0n) is 23.6. The highest BCUT2D eigenvalue weighted by atomic mass is 15.2. The van der Waals surface area contributed by atoms with Crippen molar-refractivity contribution in [2.75, 3.05) is 52.4 Å². The Morgan fingerprint density at radius 1 is 0.838 bits per heavy atom. The Labute approximate surface area is 226 Å². The molecule has 0 aromatic heterocycles. The first-order valence-corrected chi connectivity index (χ1v) is 15.3. The first-order valence-electron chi connectivity index (χ1n) is 15.3. The maximum Gasteiger partial charge on any atom is 0.0378 e. The number of nitrogens with zero attached hydrogens (tertiary/aromatic N) is 3. The highest BCUT2D eigenvalue weighted by Crippen LogP contribution is 2.45. The molecule has 0 spiro atoms. The summed E-state index contributed by atoms with van der Waals surface area (Å²) in [6.07, 6.45) is 9.23. The molecule has 37 heavy (non-hydrogen) atoms. The van der Waals surface area contributed by atoms with Gasteiger partial charge >= 0.3 is 0 Å². The fourth-order valence-corrected chi connectivity index (χ4v) is 8.60. The zero-order chi connectivity index (χ0) is 25.5. The second-order valence-electron chi connectivity index (χ2n) is 13.5. The van der Waals surface area contributed by atoms with Crippen LogP contribution in [0, 0.1) is 43.4 Å². The molecule has 3 saturated heterocycles. The fraction of sp³-hybridized carbons (Fsp3) is 0.697. The van der Waals surface area contributed by atoms with E-state index >= 15 is 0 Å². The molecular weight excluding hydrogens is 452 g/mol. The van der Waals surface area contributed by atoms with E-state index in [1.165, 1.54) is 119 Å². The summed E-state index contributed by atoms with van der Waals surface area (Å²) < 4.78 is 0. The SMILES string of the molecule is C=C(NC1CC2CN(CCCc3cc(C)cc(C)c3)CC2C1)C1CC2CN(CC(=C)N3CCC3)CC2C1. The molecular formula is C33H50N4. The van der Waals surface area contributed by atoms with Crippen LogP contribution in [0.25, 0.3) is 0 Å². The summed E-state index contributed by atoms with van der Waals surface area (Å²) in [6.45, 7) is 23.3. The smallest absolute Gasteiger partial charge is 0.0378 e. The average molecular weight is 503 g/mol. The summed E-state index contributed by atoms with van der Waals surface area (Å²) >= 11 is 0. The van der Waals surface area contributed by atoms with Crippen LogP contribution < -0.4 is 5.32 Å². The molecule has 1 N–H and O–H groups in total. The van der Waals surface area contributed by atoms with Crippen molar-refractivity contribution in [2.45, 2.75) is 64.8 Å². The lowest BCUT2D eigenvalue weighted by molar-refractivity contribution is 0.206. The van der Waals surface area contributed by atoms with Crippen molar-refractivity contribution in [2.24, 2.45) is 29.6 Å². The van der Waals surface area contributed by atoms with Crippen LogP contribution in [0.5, 0.6) is 0 Å². The van der Waals surface area contributed by atoms with Gasteiger partial charge in [0.1, 0.15) is 0 Å². The van der Waals surface area contributed by atoms with Crippen molar-refractivity contribution >= 4 is 0 Å². The molecule has 4 heteroatoms. The number of benzene rings is 1. The highest BCUT2D eigenvalue weighted by molar-refractivity contribution is 5.28. The standard InChI is InChI=1S/C33H50N4/c1-23-11-24(2)13-27(12-23)7-5-8-35-19-31-16-33(17-32(31)20-35)34-26(4)28-14-29-21-36(22-30(29)15-28)18-25(3)37-9-6-10-37/h11-13,28-34H,3-10,14-22H2,1-2H3. The molecule has 2 saturated carbocycles. The molecule has 2 aliphatic carbocycles. The molecule has 4 unspecified atom stereocenters. The summed E-state index contributed by atoms with van der Waals surface area (Å²) in [5.41, 5.74) is 7.03. The number of allylic oxidation sites excluding steroid dienone is 1. The molecule has 3 aliphatic heterocycles. The molecule has 6 rings (SSSR count). The molecule has 0 amide bonds. The molecule has 5 fully saturated rings. The van der Waals surface area contributed by atoms with Crippen LogP contribution in [0.15, 0.2) is 42.8 Å². The van der Waals surface area contributed by atoms with Crippen molar-refractivity contribution in [3.63, 3.8) is 0 Å². The molecule has 4 nitrogen and oxygen atoms in total. The van der Waals surface area contributed by atoms with E-state index in [1.54, 1.807) is 0 Å². The number of hydrogen-bond acceptors (Lipinski definition) is 4. The predicted octanol–water partition coefficient (Wildman–Crippen LogP) is 5.23. The van der Waals surface area contributed by atoms with Gasteiger partial charge in [0.15, 0.2) is 0 Å². The van der Waals surface area contributed by atoms with Gasteiger partial charge in [-0.3, -0.25) is 4.90 Å². The monoisotopic (exact) mass is 502 g/mol. The topological polar surface area (TPSA) is 21.8 Å². The Hall–Kier alpha value is -1.78. The Kier molecular flexibility index (Phi) is 7.42. The molecule has 0 bridgehead atoms. The van der Waals surface area contributed by atoms with Gasteiger partial charge in [0.2, 0.25) is 0 Å². The molecule has 1 aromatic carbocycles. The van der Waals surface area contributed by atoms with Crippen LogP contribution in [0.4, 0.5) is 0 Å². The summed E-state index contributed by atoms with van der Waals surface area (Å²) in [5, 5.41) is 3.95. The van der Waals surface area contributed by atoms with Gasteiger partial charge in [-0.15, -0.1) is 0 Å². The lowest BCUT2D eigenvalue weighted by atomic mass is 10.0. The van der Waals surface area contributed by atoms with Gasteiger partial charge in [-0.05, 0) is 100 Å². The Morgan fingerprint density at radius 3 is 2.03 bits per heavy atom. The third-order valence-electron chi connectivity index (χ3n) is 10.5. The zero-order valence-corrected chi connectivity index (χ0v) is 23.6. The molecule has 0 radical (unpaired) electrons. The molecule has 4 atom stereocenters. The van der Waals surface area contributed by atoms with Crippen molar-refractivity contribution < 1.29 is 0 Å². The number of rotatable bonds is 10. The van der Waals surface area contributed by atoms with Gasteiger partial charge in [0.05, 0.1) is 0 Å². The van der Waals surface area contributed by atoms with E-state index in [2.05, 4.69) is 65.2 Å². The van der Waals surface area contributed by atoms with E-state index in [9.17, 15) is 0 Å². The first kappa shape index (κ1) is 25.5. The lowest BCUT2D eigenvalue weighted by Gasteiger charge is -2.36. The summed E-state index contributed by atoms with van der Waals surface area (Å²) in [4.78, 5) is 7.89. The number of fused-ring (bicyclic) bond motifs is 2. The van der Waals surface area contributed by atoms with Gasteiger partial charge in [-0.1, -0.05) is 42.5 Å². The molecule has 5 aliphatic rings. The van der Waals surface area contributed by atoms with Crippen LogP contribution in [0.1, 0.15) is 55.2 Å². The lowest BCUT2D eigenvalue weighted by Crippen LogP contribution is -2.40.